The summed E-state index contributed by atoms with van der Waals surface area (Å²) in [6, 6.07) is 0.880. The van der Waals surface area contributed by atoms with Crippen LogP contribution >= 0.6 is 0 Å². The lowest BCUT2D eigenvalue weighted by Gasteiger charge is -2.34. The standard InChI is InChI=1S/C13H28N2O/c1-11-10-16-8-7-15(11)6-5-12(14)9-13(2,3)4/h11-12H,5-10,14H2,1-4H3. The van der Waals surface area contributed by atoms with Crippen molar-refractivity contribution in [3.05, 3.63) is 0 Å². The van der Waals surface area contributed by atoms with Gasteiger partial charge in [-0.05, 0) is 25.2 Å². The monoisotopic (exact) mass is 228 g/mol. The Hall–Kier alpha value is -0.120. The van der Waals surface area contributed by atoms with E-state index in [0.717, 1.165) is 39.1 Å². The van der Waals surface area contributed by atoms with E-state index in [1.54, 1.807) is 0 Å². The molecule has 3 heteroatoms. The molecule has 1 fully saturated rings. The van der Waals surface area contributed by atoms with Gasteiger partial charge in [-0.25, -0.2) is 0 Å². The molecule has 2 N–H and O–H groups in total. The molecule has 0 bridgehead atoms. The molecule has 1 heterocycles. The summed E-state index contributed by atoms with van der Waals surface area (Å²) in [5.41, 5.74) is 6.51. The Balaban J connectivity index is 2.22. The summed E-state index contributed by atoms with van der Waals surface area (Å²) in [4.78, 5) is 2.49. The molecule has 3 nitrogen and oxygen atoms in total. The highest BCUT2D eigenvalue weighted by Crippen LogP contribution is 2.21. The van der Waals surface area contributed by atoms with E-state index in [2.05, 4.69) is 32.6 Å². The van der Waals surface area contributed by atoms with Crippen molar-refractivity contribution in [3.63, 3.8) is 0 Å². The van der Waals surface area contributed by atoms with Gasteiger partial charge in [-0.2, -0.15) is 0 Å². The highest BCUT2D eigenvalue weighted by atomic mass is 16.5. The molecule has 1 rings (SSSR count). The van der Waals surface area contributed by atoms with Crippen LogP contribution in [0.4, 0.5) is 0 Å². The average molecular weight is 228 g/mol. The van der Waals surface area contributed by atoms with Gasteiger partial charge in [0, 0.05) is 25.2 Å². The molecule has 0 aliphatic carbocycles. The zero-order valence-corrected chi connectivity index (χ0v) is 11.3. The molecule has 2 atom stereocenters. The SMILES string of the molecule is CC1COCCN1CCC(N)CC(C)(C)C. The molecule has 2 unspecified atom stereocenters. The van der Waals surface area contributed by atoms with Gasteiger partial charge >= 0.3 is 0 Å². The maximum absolute atomic E-state index is 6.16. The minimum absolute atomic E-state index is 0.329. The molecule has 1 saturated heterocycles. The molecule has 0 radical (unpaired) electrons. The van der Waals surface area contributed by atoms with Gasteiger partial charge in [0.15, 0.2) is 0 Å². The van der Waals surface area contributed by atoms with Gasteiger partial charge < -0.3 is 10.5 Å². The van der Waals surface area contributed by atoms with E-state index >= 15 is 0 Å². The van der Waals surface area contributed by atoms with Gasteiger partial charge in [-0.3, -0.25) is 4.90 Å². The van der Waals surface area contributed by atoms with Crippen LogP contribution in [0, 0.1) is 5.41 Å². The Labute approximate surface area is 100 Å². The molecular weight excluding hydrogens is 200 g/mol. The number of ether oxygens (including phenoxy) is 1. The molecule has 1 aliphatic rings. The molecule has 0 amide bonds. The van der Waals surface area contributed by atoms with Crippen molar-refractivity contribution in [3.8, 4) is 0 Å². The lowest BCUT2D eigenvalue weighted by molar-refractivity contribution is -0.00176. The van der Waals surface area contributed by atoms with Crippen LogP contribution in [-0.2, 0) is 4.74 Å². The third-order valence-corrected chi connectivity index (χ3v) is 3.17. The molecular formula is C13H28N2O. The lowest BCUT2D eigenvalue weighted by Crippen LogP contribution is -2.45. The van der Waals surface area contributed by atoms with Crippen LogP contribution in [0.15, 0.2) is 0 Å². The van der Waals surface area contributed by atoms with Crippen LogP contribution in [0.3, 0.4) is 0 Å². The van der Waals surface area contributed by atoms with Crippen molar-refractivity contribution in [2.75, 3.05) is 26.3 Å². The van der Waals surface area contributed by atoms with Crippen LogP contribution in [0.2, 0.25) is 0 Å². The van der Waals surface area contributed by atoms with Crippen LogP contribution in [-0.4, -0.2) is 43.3 Å². The van der Waals surface area contributed by atoms with E-state index in [9.17, 15) is 0 Å². The first-order valence-electron chi connectivity index (χ1n) is 6.46. The second-order valence-corrected chi connectivity index (χ2v) is 6.27. The van der Waals surface area contributed by atoms with E-state index in [1.807, 2.05) is 0 Å². The molecule has 1 aliphatic heterocycles. The van der Waals surface area contributed by atoms with Gasteiger partial charge in [0.05, 0.1) is 13.2 Å². The quantitative estimate of drug-likeness (QED) is 0.798. The molecule has 0 aromatic heterocycles. The number of nitrogens with zero attached hydrogens (tertiary/aromatic N) is 1. The van der Waals surface area contributed by atoms with Crippen LogP contribution in [0.25, 0.3) is 0 Å². The first-order valence-corrected chi connectivity index (χ1v) is 6.46. The molecule has 96 valence electrons. The van der Waals surface area contributed by atoms with Crippen molar-refractivity contribution in [2.45, 2.75) is 52.6 Å². The van der Waals surface area contributed by atoms with Gasteiger partial charge in [-0.15, -0.1) is 0 Å². The summed E-state index contributed by atoms with van der Waals surface area (Å²) in [5.74, 6) is 0. The Morgan fingerprint density at radius 2 is 2.12 bits per heavy atom. The van der Waals surface area contributed by atoms with Gasteiger partial charge in [0.2, 0.25) is 0 Å². The fourth-order valence-corrected chi connectivity index (χ4v) is 2.31. The molecule has 0 spiro atoms. The van der Waals surface area contributed by atoms with Crippen molar-refractivity contribution < 1.29 is 4.74 Å². The summed E-state index contributed by atoms with van der Waals surface area (Å²) in [5, 5.41) is 0. The van der Waals surface area contributed by atoms with E-state index in [-0.39, 0.29) is 0 Å². The fourth-order valence-electron chi connectivity index (χ4n) is 2.31. The zero-order valence-electron chi connectivity index (χ0n) is 11.3. The first kappa shape index (κ1) is 13.9. The van der Waals surface area contributed by atoms with Crippen LogP contribution in [0.5, 0.6) is 0 Å². The second-order valence-electron chi connectivity index (χ2n) is 6.27. The topological polar surface area (TPSA) is 38.5 Å². The number of rotatable bonds is 4. The summed E-state index contributed by atoms with van der Waals surface area (Å²) in [7, 11) is 0. The predicted molar refractivity (Wildman–Crippen MR) is 68.5 cm³/mol. The molecule has 0 aromatic carbocycles. The first-order chi connectivity index (χ1) is 7.38. The second kappa shape index (κ2) is 5.99. The van der Waals surface area contributed by atoms with Gasteiger partial charge in [-0.1, -0.05) is 20.8 Å². The third-order valence-electron chi connectivity index (χ3n) is 3.17. The van der Waals surface area contributed by atoms with Crippen molar-refractivity contribution in [2.24, 2.45) is 11.1 Å². The zero-order chi connectivity index (χ0) is 12.2. The van der Waals surface area contributed by atoms with Crippen molar-refractivity contribution in [1.29, 1.82) is 0 Å². The van der Waals surface area contributed by atoms with E-state index in [0.29, 0.717) is 17.5 Å². The summed E-state index contributed by atoms with van der Waals surface area (Å²) < 4.78 is 5.43. The summed E-state index contributed by atoms with van der Waals surface area (Å²) in [6.07, 6.45) is 2.20. The Bertz CT molecular complexity index is 201. The molecule has 0 saturated carbocycles. The average Bonchev–Trinajstić information content (AvgIpc) is 2.14. The number of hydrogen-bond donors (Lipinski definition) is 1. The lowest BCUT2D eigenvalue weighted by atomic mass is 9.87. The minimum atomic E-state index is 0.329. The maximum atomic E-state index is 6.16. The Morgan fingerprint density at radius 1 is 1.44 bits per heavy atom. The normalized spacial score (nSPS) is 25.7. The largest absolute Gasteiger partial charge is 0.379 e. The minimum Gasteiger partial charge on any atom is -0.379 e. The van der Waals surface area contributed by atoms with E-state index in [1.165, 1.54) is 0 Å². The van der Waals surface area contributed by atoms with Crippen molar-refractivity contribution in [1.82, 2.24) is 4.90 Å². The van der Waals surface area contributed by atoms with Gasteiger partial charge in [0.1, 0.15) is 0 Å². The van der Waals surface area contributed by atoms with E-state index < -0.39 is 0 Å². The highest BCUT2D eigenvalue weighted by Gasteiger charge is 2.20. The predicted octanol–water partition coefficient (Wildman–Crippen LogP) is 1.86. The van der Waals surface area contributed by atoms with Gasteiger partial charge in [0.25, 0.3) is 0 Å². The fraction of sp³-hybridized carbons (Fsp3) is 1.00. The maximum Gasteiger partial charge on any atom is 0.0619 e. The molecule has 16 heavy (non-hydrogen) atoms. The Kier molecular flexibility index (Phi) is 5.22. The molecule has 0 aromatic rings. The van der Waals surface area contributed by atoms with Crippen LogP contribution in [0.1, 0.15) is 40.5 Å². The third kappa shape index (κ3) is 5.28. The highest BCUT2D eigenvalue weighted by molar-refractivity contribution is 4.76. The summed E-state index contributed by atoms with van der Waals surface area (Å²) in [6.45, 7) is 12.9. The van der Waals surface area contributed by atoms with E-state index in [4.69, 9.17) is 10.5 Å². The number of nitrogens with two attached hydrogens (primary N) is 1. The Morgan fingerprint density at radius 3 is 2.69 bits per heavy atom. The number of morpholine rings is 1. The smallest absolute Gasteiger partial charge is 0.0619 e. The van der Waals surface area contributed by atoms with Crippen LogP contribution < -0.4 is 5.73 Å². The number of hydrogen-bond acceptors (Lipinski definition) is 3. The van der Waals surface area contributed by atoms with Crippen molar-refractivity contribution >= 4 is 0 Å². The summed E-state index contributed by atoms with van der Waals surface area (Å²) >= 11 is 0.